The predicted octanol–water partition coefficient (Wildman–Crippen LogP) is 2.83. The van der Waals surface area contributed by atoms with Crippen LogP contribution in [0.4, 0.5) is 5.95 Å². The van der Waals surface area contributed by atoms with Crippen LogP contribution in [0.5, 0.6) is 0 Å². The maximum Gasteiger partial charge on any atom is 0.226 e. The van der Waals surface area contributed by atoms with Crippen molar-refractivity contribution in [3.05, 3.63) is 30.4 Å². The molecule has 5 heteroatoms. The minimum Gasteiger partial charge on any atom is -0.472 e. The molecule has 1 saturated heterocycles. The molecule has 5 nitrogen and oxygen atoms in total. The fraction of sp³-hybridized carbons (Fsp3) is 0.529. The maximum absolute atomic E-state index is 5.21. The van der Waals surface area contributed by atoms with Gasteiger partial charge in [-0.25, -0.2) is 9.97 Å². The third-order valence-corrected chi connectivity index (χ3v) is 4.16. The van der Waals surface area contributed by atoms with Crippen LogP contribution in [-0.4, -0.2) is 48.1 Å². The van der Waals surface area contributed by atoms with Gasteiger partial charge in [0.25, 0.3) is 0 Å². The Kier molecular flexibility index (Phi) is 4.73. The average Bonchev–Trinajstić information content (AvgIpc) is 3.08. The van der Waals surface area contributed by atoms with Crippen LogP contribution in [0, 0.1) is 0 Å². The van der Waals surface area contributed by atoms with Gasteiger partial charge in [-0.2, -0.15) is 0 Å². The average molecular weight is 300 g/mol. The van der Waals surface area contributed by atoms with Gasteiger partial charge in [0.2, 0.25) is 5.95 Å². The number of rotatable bonds is 5. The Hall–Kier alpha value is -1.88. The van der Waals surface area contributed by atoms with Crippen LogP contribution in [0.2, 0.25) is 0 Å². The van der Waals surface area contributed by atoms with Crippen molar-refractivity contribution in [3.63, 3.8) is 0 Å². The number of anilines is 1. The number of unbranched alkanes of at least 4 members (excludes halogenated alkanes) is 1. The molecule has 1 fully saturated rings. The number of aromatic nitrogens is 2. The molecule has 0 saturated carbocycles. The molecule has 0 bridgehead atoms. The second kappa shape index (κ2) is 6.92. The van der Waals surface area contributed by atoms with E-state index in [-0.39, 0.29) is 0 Å². The maximum atomic E-state index is 5.21. The van der Waals surface area contributed by atoms with Crippen LogP contribution in [0.1, 0.15) is 25.5 Å². The fourth-order valence-electron chi connectivity index (χ4n) is 2.68. The zero-order valence-corrected chi connectivity index (χ0v) is 13.5. The lowest BCUT2D eigenvalue weighted by Gasteiger charge is -2.32. The van der Waals surface area contributed by atoms with Crippen LogP contribution in [0.3, 0.4) is 0 Å². The highest BCUT2D eigenvalue weighted by atomic mass is 16.3. The van der Waals surface area contributed by atoms with E-state index in [0.717, 1.165) is 61.9 Å². The van der Waals surface area contributed by atoms with Crippen LogP contribution < -0.4 is 4.90 Å². The first-order valence-electron chi connectivity index (χ1n) is 8.10. The van der Waals surface area contributed by atoms with E-state index in [1.165, 1.54) is 6.42 Å². The molecule has 3 heterocycles. The van der Waals surface area contributed by atoms with Crippen LogP contribution in [-0.2, 0) is 6.42 Å². The monoisotopic (exact) mass is 300 g/mol. The molecular formula is C17H24N4O. The summed E-state index contributed by atoms with van der Waals surface area (Å²) in [6.07, 6.45) is 6.78. The third-order valence-electron chi connectivity index (χ3n) is 4.16. The highest BCUT2D eigenvalue weighted by Gasteiger charge is 2.18. The molecule has 0 unspecified atom stereocenters. The molecule has 1 aliphatic rings. The molecule has 0 aromatic carbocycles. The minimum atomic E-state index is 0.859. The van der Waals surface area contributed by atoms with Gasteiger partial charge in [0.15, 0.2) is 0 Å². The number of hydrogen-bond donors (Lipinski definition) is 0. The smallest absolute Gasteiger partial charge is 0.226 e. The molecule has 118 valence electrons. The van der Waals surface area contributed by atoms with Crippen LogP contribution in [0.25, 0.3) is 11.3 Å². The number of nitrogens with zero attached hydrogens (tertiary/aromatic N) is 4. The van der Waals surface area contributed by atoms with E-state index in [9.17, 15) is 0 Å². The number of aryl methyl sites for hydroxylation is 1. The molecule has 0 radical (unpaired) electrons. The summed E-state index contributed by atoms with van der Waals surface area (Å²) in [4.78, 5) is 14.2. The second-order valence-corrected chi connectivity index (χ2v) is 5.95. The van der Waals surface area contributed by atoms with Gasteiger partial charge in [-0.15, -0.1) is 0 Å². The van der Waals surface area contributed by atoms with Crippen molar-refractivity contribution in [1.82, 2.24) is 14.9 Å². The van der Waals surface area contributed by atoms with Crippen LogP contribution >= 0.6 is 0 Å². The van der Waals surface area contributed by atoms with E-state index in [1.807, 2.05) is 6.07 Å². The summed E-state index contributed by atoms with van der Waals surface area (Å²) in [5, 5.41) is 0. The summed E-state index contributed by atoms with van der Waals surface area (Å²) >= 11 is 0. The molecule has 0 N–H and O–H groups in total. The number of furan rings is 1. The molecule has 0 spiro atoms. The minimum absolute atomic E-state index is 0.859. The van der Waals surface area contributed by atoms with E-state index in [0.29, 0.717) is 0 Å². The summed E-state index contributed by atoms with van der Waals surface area (Å²) in [5.41, 5.74) is 3.11. The van der Waals surface area contributed by atoms with E-state index in [4.69, 9.17) is 14.4 Å². The van der Waals surface area contributed by atoms with Gasteiger partial charge in [-0.1, -0.05) is 13.3 Å². The van der Waals surface area contributed by atoms with E-state index >= 15 is 0 Å². The summed E-state index contributed by atoms with van der Waals surface area (Å²) in [6.45, 7) is 6.30. The van der Waals surface area contributed by atoms with E-state index < -0.39 is 0 Å². The standard InChI is InChI=1S/C17H24N4O/c1-3-4-5-15-12-16(14-6-11-22-13-14)19-17(18-15)21-9-7-20(2)8-10-21/h6,11-13H,3-5,7-10H2,1-2H3. The quantitative estimate of drug-likeness (QED) is 0.849. The highest BCUT2D eigenvalue weighted by Crippen LogP contribution is 2.22. The van der Waals surface area contributed by atoms with Gasteiger partial charge in [0.05, 0.1) is 18.2 Å². The Labute approximate surface area is 132 Å². The molecule has 2 aromatic heterocycles. The molecule has 0 atom stereocenters. The first-order chi connectivity index (χ1) is 10.8. The summed E-state index contributed by atoms with van der Waals surface area (Å²) in [7, 11) is 2.16. The van der Waals surface area contributed by atoms with Gasteiger partial charge < -0.3 is 14.2 Å². The van der Waals surface area contributed by atoms with Crippen molar-refractivity contribution in [3.8, 4) is 11.3 Å². The lowest BCUT2D eigenvalue weighted by molar-refractivity contribution is 0.311. The zero-order chi connectivity index (χ0) is 15.4. The van der Waals surface area contributed by atoms with Crippen molar-refractivity contribution < 1.29 is 4.42 Å². The molecule has 0 aliphatic carbocycles. The number of likely N-dealkylation sites (N-methyl/N-ethyl adjacent to an activating group) is 1. The summed E-state index contributed by atoms with van der Waals surface area (Å²) in [6, 6.07) is 4.06. The normalized spacial score (nSPS) is 16.2. The fourth-order valence-corrected chi connectivity index (χ4v) is 2.68. The van der Waals surface area contributed by atoms with Gasteiger partial charge in [0.1, 0.15) is 0 Å². The van der Waals surface area contributed by atoms with Crippen molar-refractivity contribution >= 4 is 5.95 Å². The summed E-state index contributed by atoms with van der Waals surface area (Å²) in [5.74, 6) is 0.859. The van der Waals surface area contributed by atoms with Crippen molar-refractivity contribution in [2.75, 3.05) is 38.1 Å². The Morgan fingerprint density at radius 3 is 2.68 bits per heavy atom. The topological polar surface area (TPSA) is 45.4 Å². The predicted molar refractivity (Wildman–Crippen MR) is 88.1 cm³/mol. The van der Waals surface area contributed by atoms with Crippen LogP contribution in [0.15, 0.2) is 29.1 Å². The van der Waals surface area contributed by atoms with Crippen molar-refractivity contribution in [1.29, 1.82) is 0 Å². The molecular weight excluding hydrogens is 276 g/mol. The first-order valence-corrected chi connectivity index (χ1v) is 8.10. The Bertz CT molecular complexity index is 589. The zero-order valence-electron chi connectivity index (χ0n) is 13.5. The molecule has 2 aromatic rings. The molecule has 1 aliphatic heterocycles. The van der Waals surface area contributed by atoms with Crippen molar-refractivity contribution in [2.45, 2.75) is 26.2 Å². The second-order valence-electron chi connectivity index (χ2n) is 5.95. The number of piperazine rings is 1. The van der Waals surface area contributed by atoms with E-state index in [1.54, 1.807) is 12.5 Å². The number of hydrogen-bond acceptors (Lipinski definition) is 5. The van der Waals surface area contributed by atoms with E-state index in [2.05, 4.69) is 29.8 Å². The molecule has 0 amide bonds. The van der Waals surface area contributed by atoms with Gasteiger partial charge >= 0.3 is 0 Å². The lowest BCUT2D eigenvalue weighted by atomic mass is 10.1. The molecule has 22 heavy (non-hydrogen) atoms. The summed E-state index contributed by atoms with van der Waals surface area (Å²) < 4.78 is 5.21. The Balaban J connectivity index is 1.89. The SMILES string of the molecule is CCCCc1cc(-c2ccoc2)nc(N2CCN(C)CC2)n1. The largest absolute Gasteiger partial charge is 0.472 e. The van der Waals surface area contributed by atoms with Gasteiger partial charge in [-0.3, -0.25) is 0 Å². The Morgan fingerprint density at radius 2 is 2.00 bits per heavy atom. The first kappa shape index (κ1) is 15.0. The Morgan fingerprint density at radius 1 is 1.18 bits per heavy atom. The highest BCUT2D eigenvalue weighted by molar-refractivity contribution is 5.59. The van der Waals surface area contributed by atoms with Gasteiger partial charge in [0, 0.05) is 37.4 Å². The third kappa shape index (κ3) is 3.47. The lowest BCUT2D eigenvalue weighted by Crippen LogP contribution is -2.45. The molecule has 3 rings (SSSR count). The van der Waals surface area contributed by atoms with Crippen molar-refractivity contribution in [2.24, 2.45) is 0 Å². The van der Waals surface area contributed by atoms with Gasteiger partial charge in [-0.05, 0) is 32.0 Å².